The zero-order valence-electron chi connectivity index (χ0n) is 16.5. The Labute approximate surface area is 171 Å². The van der Waals surface area contributed by atoms with Crippen LogP contribution in [0.4, 0.5) is 18.0 Å². The molecule has 0 aromatic heterocycles. The summed E-state index contributed by atoms with van der Waals surface area (Å²) in [7, 11) is 0. The average molecular weight is 431 g/mol. The van der Waals surface area contributed by atoms with Gasteiger partial charge in [-0.2, -0.15) is 13.2 Å². The smallest absolute Gasteiger partial charge is 0.405 e. The first-order valence-corrected chi connectivity index (χ1v) is 9.11. The van der Waals surface area contributed by atoms with Crippen molar-refractivity contribution in [2.75, 3.05) is 6.54 Å². The highest BCUT2D eigenvalue weighted by Gasteiger charge is 2.33. The second-order valence-corrected chi connectivity index (χ2v) is 7.04. The van der Waals surface area contributed by atoms with Crippen molar-refractivity contribution in [1.82, 2.24) is 16.0 Å². The lowest BCUT2D eigenvalue weighted by Gasteiger charge is -2.23. The van der Waals surface area contributed by atoms with Crippen molar-refractivity contribution in [2.24, 2.45) is 5.92 Å². The summed E-state index contributed by atoms with van der Waals surface area (Å²) in [5.41, 5.74) is 0.548. The quantitative estimate of drug-likeness (QED) is 0.419. The second kappa shape index (κ2) is 11.2. The molecular weight excluding hydrogens is 407 g/mol. The van der Waals surface area contributed by atoms with Crippen molar-refractivity contribution in [3.63, 3.8) is 0 Å². The standard InChI is InChI=1S/C19H24F3N3O5/c1-11(2)8-14(25-18(29)30)16(27)24-13(9-12-6-4-3-5-7-12)15(26)17(28)23-10-19(20,21)22/h3-7,11,13-14,25H,8-10H2,1-2H3,(H,23,28)(H,24,27)(H,29,30)/t13-,14-/m0/s1. The molecule has 0 fully saturated rings. The third-order valence-corrected chi connectivity index (χ3v) is 3.91. The Bertz CT molecular complexity index is 754. The first-order chi connectivity index (χ1) is 13.9. The average Bonchev–Trinajstić information content (AvgIpc) is 2.63. The van der Waals surface area contributed by atoms with Gasteiger partial charge in [0.2, 0.25) is 11.7 Å². The molecule has 1 aromatic rings. The number of Topliss-reactive ketones (excluding diaryl/α,β-unsaturated/α-hetero) is 1. The zero-order chi connectivity index (χ0) is 22.9. The number of ketones is 1. The predicted molar refractivity (Wildman–Crippen MR) is 101 cm³/mol. The van der Waals surface area contributed by atoms with Gasteiger partial charge in [0.15, 0.2) is 0 Å². The number of carbonyl (C=O) groups is 4. The van der Waals surface area contributed by atoms with E-state index in [4.69, 9.17) is 5.11 Å². The van der Waals surface area contributed by atoms with E-state index in [-0.39, 0.29) is 18.8 Å². The molecule has 0 spiro atoms. The number of carboxylic acid groups (broad SMARTS) is 1. The fourth-order valence-corrected chi connectivity index (χ4v) is 2.61. The van der Waals surface area contributed by atoms with Crippen molar-refractivity contribution in [3.8, 4) is 0 Å². The Morgan fingerprint density at radius 1 is 1.00 bits per heavy atom. The molecule has 0 saturated heterocycles. The van der Waals surface area contributed by atoms with Gasteiger partial charge in [-0.15, -0.1) is 0 Å². The molecule has 0 bridgehead atoms. The fraction of sp³-hybridized carbons (Fsp3) is 0.474. The maximum Gasteiger partial charge on any atom is 0.405 e. The molecule has 3 amide bonds. The minimum absolute atomic E-state index is 0.0778. The van der Waals surface area contributed by atoms with E-state index in [1.54, 1.807) is 44.2 Å². The molecule has 0 aliphatic carbocycles. The van der Waals surface area contributed by atoms with Gasteiger partial charge in [-0.25, -0.2) is 4.79 Å². The Balaban J connectivity index is 3.01. The lowest BCUT2D eigenvalue weighted by molar-refractivity contribution is -0.146. The van der Waals surface area contributed by atoms with Gasteiger partial charge in [-0.05, 0) is 17.9 Å². The summed E-state index contributed by atoms with van der Waals surface area (Å²) in [4.78, 5) is 47.9. The van der Waals surface area contributed by atoms with Crippen LogP contribution in [0.3, 0.4) is 0 Å². The number of rotatable bonds is 10. The van der Waals surface area contributed by atoms with E-state index in [0.717, 1.165) is 0 Å². The van der Waals surface area contributed by atoms with E-state index in [0.29, 0.717) is 5.56 Å². The van der Waals surface area contributed by atoms with E-state index in [9.17, 15) is 32.3 Å². The lowest BCUT2D eigenvalue weighted by Crippen LogP contribution is -2.55. The van der Waals surface area contributed by atoms with Crippen LogP contribution < -0.4 is 16.0 Å². The monoisotopic (exact) mass is 431 g/mol. The predicted octanol–water partition coefficient (Wildman–Crippen LogP) is 1.64. The highest BCUT2D eigenvalue weighted by molar-refractivity contribution is 6.38. The summed E-state index contributed by atoms with van der Waals surface area (Å²) in [6, 6.07) is 5.55. The number of hydrogen-bond donors (Lipinski definition) is 4. The van der Waals surface area contributed by atoms with Crippen molar-refractivity contribution in [1.29, 1.82) is 0 Å². The minimum Gasteiger partial charge on any atom is -0.465 e. The third kappa shape index (κ3) is 9.39. The fourth-order valence-electron chi connectivity index (χ4n) is 2.61. The Hall–Kier alpha value is -3.11. The van der Waals surface area contributed by atoms with Crippen molar-refractivity contribution < 1.29 is 37.5 Å². The van der Waals surface area contributed by atoms with Crippen LogP contribution in [-0.2, 0) is 20.8 Å². The molecule has 1 rings (SSSR count). The van der Waals surface area contributed by atoms with Gasteiger partial charge >= 0.3 is 12.3 Å². The molecule has 0 heterocycles. The SMILES string of the molecule is CC(C)C[C@H](NC(=O)O)C(=O)N[C@@H](Cc1ccccc1)C(=O)C(=O)NCC(F)(F)F. The first-order valence-electron chi connectivity index (χ1n) is 9.11. The van der Waals surface area contributed by atoms with Gasteiger partial charge in [-0.3, -0.25) is 14.4 Å². The van der Waals surface area contributed by atoms with Crippen LogP contribution in [-0.4, -0.2) is 53.6 Å². The maximum atomic E-state index is 12.6. The summed E-state index contributed by atoms with van der Waals surface area (Å²) >= 11 is 0. The Morgan fingerprint density at radius 3 is 2.10 bits per heavy atom. The number of alkyl halides is 3. The third-order valence-electron chi connectivity index (χ3n) is 3.91. The van der Waals surface area contributed by atoms with Gasteiger partial charge in [0.05, 0.1) is 0 Å². The largest absolute Gasteiger partial charge is 0.465 e. The highest BCUT2D eigenvalue weighted by Crippen LogP contribution is 2.12. The summed E-state index contributed by atoms with van der Waals surface area (Å²) in [5, 5.41) is 14.7. The number of nitrogens with one attached hydrogen (secondary N) is 3. The number of hydrogen-bond acceptors (Lipinski definition) is 4. The van der Waals surface area contributed by atoms with Crippen LogP contribution in [0.1, 0.15) is 25.8 Å². The van der Waals surface area contributed by atoms with Crippen LogP contribution in [0.5, 0.6) is 0 Å². The molecule has 1 aromatic carbocycles. The lowest BCUT2D eigenvalue weighted by atomic mass is 9.99. The normalized spacial score (nSPS) is 13.3. The van der Waals surface area contributed by atoms with Crippen molar-refractivity contribution in [3.05, 3.63) is 35.9 Å². The molecule has 2 atom stereocenters. The molecular formula is C19H24F3N3O5. The van der Waals surface area contributed by atoms with Gasteiger partial charge in [0.25, 0.3) is 5.91 Å². The summed E-state index contributed by atoms with van der Waals surface area (Å²) in [6.07, 6.45) is -6.21. The topological polar surface area (TPSA) is 125 Å². The van der Waals surface area contributed by atoms with Gasteiger partial charge in [-0.1, -0.05) is 44.2 Å². The van der Waals surface area contributed by atoms with Gasteiger partial charge in [0.1, 0.15) is 18.6 Å². The number of carbonyl (C=O) groups excluding carboxylic acids is 3. The van der Waals surface area contributed by atoms with Crippen molar-refractivity contribution >= 4 is 23.7 Å². The highest BCUT2D eigenvalue weighted by atomic mass is 19.4. The molecule has 30 heavy (non-hydrogen) atoms. The molecule has 0 saturated carbocycles. The molecule has 0 radical (unpaired) electrons. The zero-order valence-corrected chi connectivity index (χ0v) is 16.5. The van der Waals surface area contributed by atoms with Crippen LogP contribution in [0.25, 0.3) is 0 Å². The number of halogens is 3. The Kier molecular flexibility index (Phi) is 9.28. The summed E-state index contributed by atoms with van der Waals surface area (Å²) < 4.78 is 37.0. The van der Waals surface area contributed by atoms with E-state index in [1.807, 2.05) is 5.32 Å². The molecule has 4 N–H and O–H groups in total. The molecule has 11 heteroatoms. The van der Waals surface area contributed by atoms with E-state index < -0.39 is 48.5 Å². The molecule has 0 aliphatic rings. The van der Waals surface area contributed by atoms with Gasteiger partial charge in [0, 0.05) is 6.42 Å². The molecule has 8 nitrogen and oxygen atoms in total. The van der Waals surface area contributed by atoms with E-state index in [1.165, 1.54) is 5.32 Å². The second-order valence-electron chi connectivity index (χ2n) is 7.04. The van der Waals surface area contributed by atoms with E-state index >= 15 is 0 Å². The molecule has 166 valence electrons. The first kappa shape index (κ1) is 24.9. The van der Waals surface area contributed by atoms with Crippen molar-refractivity contribution in [2.45, 2.75) is 44.9 Å². The number of benzene rings is 1. The molecule has 0 aliphatic heterocycles. The van der Waals surface area contributed by atoms with Crippen LogP contribution in [0, 0.1) is 5.92 Å². The summed E-state index contributed by atoms with van der Waals surface area (Å²) in [6.45, 7) is 1.81. The minimum atomic E-state index is -4.71. The summed E-state index contributed by atoms with van der Waals surface area (Å²) in [5.74, 6) is -3.70. The van der Waals surface area contributed by atoms with Crippen LogP contribution >= 0.6 is 0 Å². The maximum absolute atomic E-state index is 12.6. The number of amides is 3. The van der Waals surface area contributed by atoms with Crippen LogP contribution in [0.15, 0.2) is 30.3 Å². The van der Waals surface area contributed by atoms with Crippen LogP contribution in [0.2, 0.25) is 0 Å². The Morgan fingerprint density at radius 2 is 1.60 bits per heavy atom. The van der Waals surface area contributed by atoms with E-state index in [2.05, 4.69) is 5.32 Å². The molecule has 0 unspecified atom stereocenters. The van der Waals surface area contributed by atoms with Gasteiger partial charge < -0.3 is 21.1 Å².